The Labute approximate surface area is 136 Å². The highest BCUT2D eigenvalue weighted by atomic mass is 32.1. The largest absolute Gasteiger partial charge is 0.341 e. The van der Waals surface area contributed by atoms with E-state index in [4.69, 9.17) is 0 Å². The maximum absolute atomic E-state index is 13.0. The molecule has 1 aromatic heterocycles. The number of amides is 2. The first-order valence-corrected chi connectivity index (χ1v) is 9.08. The van der Waals surface area contributed by atoms with Crippen molar-refractivity contribution in [1.29, 1.82) is 0 Å². The van der Waals surface area contributed by atoms with Crippen molar-refractivity contribution in [3.05, 3.63) is 21.9 Å². The lowest BCUT2D eigenvalue weighted by molar-refractivity contribution is -0.139. The lowest BCUT2D eigenvalue weighted by atomic mass is 9.80. The SMILES string of the molecule is CCN(CC)C(=O)C1(NC(=O)c2sccc2C)CCCCC1. The van der Waals surface area contributed by atoms with Gasteiger partial charge in [-0.2, -0.15) is 0 Å². The molecular weight excluding hydrogens is 296 g/mol. The van der Waals surface area contributed by atoms with E-state index in [2.05, 4.69) is 5.32 Å². The number of nitrogens with zero attached hydrogens (tertiary/aromatic N) is 1. The first-order chi connectivity index (χ1) is 10.5. The molecule has 1 aliphatic carbocycles. The van der Waals surface area contributed by atoms with E-state index in [1.54, 1.807) is 0 Å². The number of hydrogen-bond acceptors (Lipinski definition) is 3. The molecule has 0 spiro atoms. The number of rotatable bonds is 5. The molecule has 122 valence electrons. The van der Waals surface area contributed by atoms with Crippen molar-refractivity contribution >= 4 is 23.2 Å². The molecule has 0 aromatic carbocycles. The summed E-state index contributed by atoms with van der Waals surface area (Å²) in [7, 11) is 0. The molecule has 1 aliphatic rings. The van der Waals surface area contributed by atoms with Gasteiger partial charge in [0.1, 0.15) is 5.54 Å². The van der Waals surface area contributed by atoms with E-state index in [0.717, 1.165) is 42.5 Å². The first-order valence-electron chi connectivity index (χ1n) is 8.20. The third kappa shape index (κ3) is 3.35. The molecular formula is C17H26N2O2S. The topological polar surface area (TPSA) is 49.4 Å². The average molecular weight is 322 g/mol. The summed E-state index contributed by atoms with van der Waals surface area (Å²) in [5.41, 5.74) is 0.265. The van der Waals surface area contributed by atoms with Crippen LogP contribution in [0.1, 0.15) is 61.2 Å². The van der Waals surface area contributed by atoms with Crippen LogP contribution >= 0.6 is 11.3 Å². The van der Waals surface area contributed by atoms with Crippen LogP contribution in [-0.2, 0) is 4.79 Å². The Morgan fingerprint density at radius 1 is 1.23 bits per heavy atom. The van der Waals surface area contributed by atoms with Crippen LogP contribution in [0.2, 0.25) is 0 Å². The molecule has 1 N–H and O–H groups in total. The maximum atomic E-state index is 13.0. The van der Waals surface area contributed by atoms with Crippen molar-refractivity contribution in [1.82, 2.24) is 10.2 Å². The highest BCUT2D eigenvalue weighted by Gasteiger charge is 2.43. The standard InChI is InChI=1S/C17H26N2O2S/c1-4-19(5-2)16(21)17(10-7-6-8-11-17)18-15(20)14-13(3)9-12-22-14/h9,12H,4-8,10-11H2,1-3H3,(H,18,20). The molecule has 0 aliphatic heterocycles. The van der Waals surface area contributed by atoms with Gasteiger partial charge < -0.3 is 10.2 Å². The van der Waals surface area contributed by atoms with Gasteiger partial charge in [-0.15, -0.1) is 11.3 Å². The zero-order valence-electron chi connectivity index (χ0n) is 13.8. The third-order valence-electron chi connectivity index (χ3n) is 4.59. The van der Waals surface area contributed by atoms with Crippen molar-refractivity contribution in [2.24, 2.45) is 0 Å². The number of thiophene rings is 1. The fourth-order valence-corrected chi connectivity index (χ4v) is 4.06. The molecule has 0 saturated heterocycles. The van der Waals surface area contributed by atoms with Crippen LogP contribution in [0.4, 0.5) is 0 Å². The molecule has 0 unspecified atom stereocenters. The molecule has 2 rings (SSSR count). The number of nitrogens with one attached hydrogen (secondary N) is 1. The van der Waals surface area contributed by atoms with Crippen LogP contribution in [0.5, 0.6) is 0 Å². The summed E-state index contributed by atoms with van der Waals surface area (Å²) in [6.07, 6.45) is 4.63. The second-order valence-corrected chi connectivity index (χ2v) is 6.92. The van der Waals surface area contributed by atoms with Crippen molar-refractivity contribution < 1.29 is 9.59 Å². The van der Waals surface area contributed by atoms with Gasteiger partial charge in [0.15, 0.2) is 0 Å². The summed E-state index contributed by atoms with van der Waals surface area (Å²) in [5, 5.41) is 5.03. The van der Waals surface area contributed by atoms with Crippen molar-refractivity contribution in [3.63, 3.8) is 0 Å². The smallest absolute Gasteiger partial charge is 0.262 e. The normalized spacial score (nSPS) is 17.0. The summed E-state index contributed by atoms with van der Waals surface area (Å²) in [5.74, 6) is -0.0188. The summed E-state index contributed by atoms with van der Waals surface area (Å²) < 4.78 is 0. The van der Waals surface area contributed by atoms with Gasteiger partial charge in [-0.05, 0) is 50.6 Å². The highest BCUT2D eigenvalue weighted by molar-refractivity contribution is 7.12. The van der Waals surface area contributed by atoms with E-state index in [-0.39, 0.29) is 11.8 Å². The van der Waals surface area contributed by atoms with Crippen LogP contribution in [0, 0.1) is 6.92 Å². The summed E-state index contributed by atoms with van der Waals surface area (Å²) in [6, 6.07) is 1.94. The molecule has 0 bridgehead atoms. The molecule has 1 aromatic rings. The first kappa shape index (κ1) is 17.0. The summed E-state index contributed by atoms with van der Waals surface area (Å²) in [4.78, 5) is 28.2. The van der Waals surface area contributed by atoms with Gasteiger partial charge in [0.2, 0.25) is 5.91 Å². The predicted molar refractivity (Wildman–Crippen MR) is 90.3 cm³/mol. The minimum Gasteiger partial charge on any atom is -0.341 e. The fourth-order valence-electron chi connectivity index (χ4n) is 3.24. The van der Waals surface area contributed by atoms with Gasteiger partial charge in [0, 0.05) is 13.1 Å². The molecule has 2 amide bonds. The second kappa shape index (κ2) is 7.27. The zero-order chi connectivity index (χ0) is 16.2. The van der Waals surface area contributed by atoms with E-state index in [9.17, 15) is 9.59 Å². The quantitative estimate of drug-likeness (QED) is 0.903. The molecule has 1 heterocycles. The molecule has 0 atom stereocenters. The molecule has 1 fully saturated rings. The molecule has 22 heavy (non-hydrogen) atoms. The Hall–Kier alpha value is -1.36. The predicted octanol–water partition coefficient (Wildman–Crippen LogP) is 3.36. The van der Waals surface area contributed by atoms with Crippen LogP contribution in [-0.4, -0.2) is 35.3 Å². The lowest BCUT2D eigenvalue weighted by Gasteiger charge is -2.40. The van der Waals surface area contributed by atoms with Crippen molar-refractivity contribution in [2.75, 3.05) is 13.1 Å². The number of carbonyl (C=O) groups is 2. The molecule has 5 heteroatoms. The minimum absolute atomic E-state index is 0.0831. The molecule has 0 radical (unpaired) electrons. The Balaban J connectivity index is 2.24. The Morgan fingerprint density at radius 2 is 1.86 bits per heavy atom. The fraction of sp³-hybridized carbons (Fsp3) is 0.647. The molecule has 1 saturated carbocycles. The third-order valence-corrected chi connectivity index (χ3v) is 5.60. The number of likely N-dealkylation sites (N-methyl/N-ethyl adjacent to an activating group) is 1. The summed E-state index contributed by atoms with van der Waals surface area (Å²) >= 11 is 1.44. The van der Waals surface area contributed by atoms with E-state index in [0.29, 0.717) is 13.1 Å². The monoisotopic (exact) mass is 322 g/mol. The highest BCUT2D eigenvalue weighted by Crippen LogP contribution is 2.31. The molecule has 4 nitrogen and oxygen atoms in total. The van der Waals surface area contributed by atoms with Crippen LogP contribution in [0.3, 0.4) is 0 Å². The van der Waals surface area contributed by atoms with Crippen molar-refractivity contribution in [3.8, 4) is 0 Å². The maximum Gasteiger partial charge on any atom is 0.262 e. The second-order valence-electron chi connectivity index (χ2n) is 6.01. The Bertz CT molecular complexity index is 529. The number of aryl methyl sites for hydroxylation is 1. The number of carbonyl (C=O) groups excluding carboxylic acids is 2. The minimum atomic E-state index is -0.711. The van der Waals surface area contributed by atoms with Gasteiger partial charge in [-0.3, -0.25) is 9.59 Å². The Morgan fingerprint density at radius 3 is 2.36 bits per heavy atom. The zero-order valence-corrected chi connectivity index (χ0v) is 14.6. The van der Waals surface area contributed by atoms with Crippen LogP contribution in [0.15, 0.2) is 11.4 Å². The van der Waals surface area contributed by atoms with E-state index >= 15 is 0 Å². The Kier molecular flexibility index (Phi) is 5.62. The van der Waals surface area contributed by atoms with Gasteiger partial charge in [0.05, 0.1) is 4.88 Å². The average Bonchev–Trinajstić information content (AvgIpc) is 2.95. The van der Waals surface area contributed by atoms with E-state index in [1.807, 2.05) is 37.1 Å². The van der Waals surface area contributed by atoms with Crippen molar-refractivity contribution in [2.45, 2.75) is 58.4 Å². The van der Waals surface area contributed by atoms with Crippen LogP contribution < -0.4 is 5.32 Å². The van der Waals surface area contributed by atoms with Gasteiger partial charge >= 0.3 is 0 Å². The lowest BCUT2D eigenvalue weighted by Crippen LogP contribution is -2.60. The van der Waals surface area contributed by atoms with Gasteiger partial charge in [0.25, 0.3) is 5.91 Å². The van der Waals surface area contributed by atoms with Gasteiger partial charge in [-0.25, -0.2) is 0 Å². The van der Waals surface area contributed by atoms with E-state index in [1.165, 1.54) is 11.3 Å². The summed E-state index contributed by atoms with van der Waals surface area (Å²) in [6.45, 7) is 7.29. The van der Waals surface area contributed by atoms with Crippen LogP contribution in [0.25, 0.3) is 0 Å². The van der Waals surface area contributed by atoms with Gasteiger partial charge in [-0.1, -0.05) is 19.3 Å². The van der Waals surface area contributed by atoms with E-state index < -0.39 is 5.54 Å². The number of hydrogen-bond donors (Lipinski definition) is 1.